The Kier molecular flexibility index (Phi) is 3.00. The molecule has 4 rings (SSSR count). The Morgan fingerprint density at radius 2 is 2.00 bits per heavy atom. The van der Waals surface area contributed by atoms with E-state index >= 15 is 0 Å². The van der Waals surface area contributed by atoms with Crippen molar-refractivity contribution in [1.29, 1.82) is 0 Å². The molecule has 0 bridgehead atoms. The molecule has 1 saturated heterocycles. The second kappa shape index (κ2) is 4.66. The van der Waals surface area contributed by atoms with E-state index in [0.29, 0.717) is 11.4 Å². The standard InChI is InChI=1S/C16H17NO2S2/c1-11-6-7-12(20-11)8-17-9-14-13-4-2-3-5-15(13)21(18,19)16(14)10-17/h2-7,14,16H,8-10H2,1H3/t14-,16-/m0/s1. The highest BCUT2D eigenvalue weighted by Crippen LogP contribution is 2.44. The van der Waals surface area contributed by atoms with Gasteiger partial charge in [0.1, 0.15) is 0 Å². The monoisotopic (exact) mass is 319 g/mol. The maximum Gasteiger partial charge on any atom is 0.183 e. The molecule has 0 saturated carbocycles. The molecule has 3 heterocycles. The van der Waals surface area contributed by atoms with E-state index in [0.717, 1.165) is 18.7 Å². The number of thiophene rings is 1. The molecule has 1 aromatic heterocycles. The molecule has 0 unspecified atom stereocenters. The van der Waals surface area contributed by atoms with Crippen LogP contribution in [0.5, 0.6) is 0 Å². The van der Waals surface area contributed by atoms with E-state index in [1.165, 1.54) is 9.75 Å². The highest BCUT2D eigenvalue weighted by atomic mass is 32.2. The van der Waals surface area contributed by atoms with Gasteiger partial charge in [0, 0.05) is 35.3 Å². The SMILES string of the molecule is Cc1ccc(CN2C[C@H]3c4ccccc4S(=O)(=O)[C@H]3C2)s1. The van der Waals surface area contributed by atoms with Gasteiger partial charge in [-0.3, -0.25) is 4.90 Å². The van der Waals surface area contributed by atoms with Crippen LogP contribution in [0.15, 0.2) is 41.3 Å². The van der Waals surface area contributed by atoms with E-state index in [4.69, 9.17) is 0 Å². The molecule has 110 valence electrons. The minimum Gasteiger partial charge on any atom is -0.296 e. The van der Waals surface area contributed by atoms with Crippen molar-refractivity contribution < 1.29 is 8.42 Å². The van der Waals surface area contributed by atoms with E-state index in [-0.39, 0.29) is 11.2 Å². The minimum absolute atomic E-state index is 0.146. The Labute approximate surface area is 129 Å². The molecule has 1 fully saturated rings. The third kappa shape index (κ3) is 2.06. The van der Waals surface area contributed by atoms with E-state index < -0.39 is 9.84 Å². The van der Waals surface area contributed by atoms with E-state index in [1.54, 1.807) is 17.4 Å². The highest BCUT2D eigenvalue weighted by Gasteiger charge is 2.49. The molecule has 2 aromatic rings. The molecular formula is C16H17NO2S2. The van der Waals surface area contributed by atoms with Gasteiger partial charge in [-0.05, 0) is 30.7 Å². The molecule has 2 aliphatic rings. The van der Waals surface area contributed by atoms with Crippen LogP contribution < -0.4 is 0 Å². The Balaban J connectivity index is 1.62. The molecule has 0 amide bonds. The zero-order valence-corrected chi connectivity index (χ0v) is 13.5. The number of likely N-dealkylation sites (tertiary alicyclic amines) is 1. The fraction of sp³-hybridized carbons (Fsp3) is 0.375. The van der Waals surface area contributed by atoms with Gasteiger partial charge in [0.05, 0.1) is 10.1 Å². The molecule has 0 N–H and O–H groups in total. The van der Waals surface area contributed by atoms with Crippen LogP contribution in [0, 0.1) is 6.92 Å². The van der Waals surface area contributed by atoms with Gasteiger partial charge in [-0.1, -0.05) is 18.2 Å². The number of fused-ring (bicyclic) bond motifs is 3. The van der Waals surface area contributed by atoms with Crippen LogP contribution in [0.3, 0.4) is 0 Å². The van der Waals surface area contributed by atoms with E-state index in [9.17, 15) is 8.42 Å². The fourth-order valence-electron chi connectivity index (χ4n) is 3.59. The van der Waals surface area contributed by atoms with Gasteiger partial charge in [0.2, 0.25) is 0 Å². The molecule has 2 atom stereocenters. The zero-order chi connectivity index (χ0) is 14.6. The summed E-state index contributed by atoms with van der Waals surface area (Å²) in [5.41, 5.74) is 1.02. The number of nitrogens with zero attached hydrogens (tertiary/aromatic N) is 1. The molecular weight excluding hydrogens is 302 g/mol. The van der Waals surface area contributed by atoms with Gasteiger partial charge in [-0.25, -0.2) is 8.42 Å². The van der Waals surface area contributed by atoms with Crippen LogP contribution in [0.25, 0.3) is 0 Å². The molecule has 21 heavy (non-hydrogen) atoms. The van der Waals surface area contributed by atoms with Gasteiger partial charge < -0.3 is 0 Å². The number of sulfone groups is 1. The lowest BCUT2D eigenvalue weighted by molar-refractivity contribution is 0.328. The van der Waals surface area contributed by atoms with Crippen molar-refractivity contribution in [3.63, 3.8) is 0 Å². The van der Waals surface area contributed by atoms with Crippen molar-refractivity contribution in [3.05, 3.63) is 51.7 Å². The smallest absolute Gasteiger partial charge is 0.183 e. The van der Waals surface area contributed by atoms with Crippen LogP contribution >= 0.6 is 11.3 Å². The second-order valence-electron chi connectivity index (χ2n) is 5.93. The molecule has 1 aromatic carbocycles. The average molecular weight is 319 g/mol. The fourth-order valence-corrected chi connectivity index (χ4v) is 6.74. The lowest BCUT2D eigenvalue weighted by Gasteiger charge is -2.16. The predicted octanol–water partition coefficient (Wildman–Crippen LogP) is 2.81. The number of hydrogen-bond acceptors (Lipinski definition) is 4. The van der Waals surface area contributed by atoms with Gasteiger partial charge in [0.25, 0.3) is 0 Å². The molecule has 0 radical (unpaired) electrons. The predicted molar refractivity (Wildman–Crippen MR) is 84.5 cm³/mol. The van der Waals surface area contributed by atoms with Crippen LogP contribution in [-0.2, 0) is 16.4 Å². The Morgan fingerprint density at radius 1 is 1.19 bits per heavy atom. The summed E-state index contributed by atoms with van der Waals surface area (Å²) in [5, 5.41) is -0.254. The summed E-state index contributed by atoms with van der Waals surface area (Å²) in [4.78, 5) is 5.47. The van der Waals surface area contributed by atoms with Crippen LogP contribution in [0.4, 0.5) is 0 Å². The van der Waals surface area contributed by atoms with Crippen molar-refractivity contribution in [3.8, 4) is 0 Å². The summed E-state index contributed by atoms with van der Waals surface area (Å²) in [5.74, 6) is 0.146. The summed E-state index contributed by atoms with van der Waals surface area (Å²) in [6, 6.07) is 11.8. The van der Waals surface area contributed by atoms with Crippen molar-refractivity contribution >= 4 is 21.2 Å². The first kappa shape index (κ1) is 13.5. The third-order valence-electron chi connectivity index (χ3n) is 4.54. The average Bonchev–Trinajstić information content (AvgIpc) is 3.10. The largest absolute Gasteiger partial charge is 0.296 e. The summed E-state index contributed by atoms with van der Waals surface area (Å²) in [6.45, 7) is 4.47. The zero-order valence-electron chi connectivity index (χ0n) is 11.8. The first-order chi connectivity index (χ1) is 10.1. The maximum atomic E-state index is 12.6. The minimum atomic E-state index is -3.14. The lowest BCUT2D eigenvalue weighted by Crippen LogP contribution is -2.25. The molecule has 5 heteroatoms. The van der Waals surface area contributed by atoms with Gasteiger partial charge >= 0.3 is 0 Å². The summed E-state index contributed by atoms with van der Waals surface area (Å²) >= 11 is 1.80. The number of benzene rings is 1. The quantitative estimate of drug-likeness (QED) is 0.854. The molecule has 2 aliphatic heterocycles. The lowest BCUT2D eigenvalue weighted by atomic mass is 9.99. The van der Waals surface area contributed by atoms with E-state index in [1.807, 2.05) is 18.2 Å². The van der Waals surface area contributed by atoms with Crippen molar-refractivity contribution in [1.82, 2.24) is 4.90 Å². The number of rotatable bonds is 2. The van der Waals surface area contributed by atoms with E-state index in [2.05, 4.69) is 24.0 Å². The van der Waals surface area contributed by atoms with Crippen LogP contribution in [0.2, 0.25) is 0 Å². The van der Waals surface area contributed by atoms with Crippen molar-refractivity contribution in [2.24, 2.45) is 0 Å². The first-order valence-corrected chi connectivity index (χ1v) is 9.52. The third-order valence-corrected chi connectivity index (χ3v) is 7.79. The second-order valence-corrected chi connectivity index (χ2v) is 9.44. The number of aryl methyl sites for hydroxylation is 1. The maximum absolute atomic E-state index is 12.6. The van der Waals surface area contributed by atoms with Crippen LogP contribution in [0.1, 0.15) is 21.2 Å². The Hall–Kier alpha value is -1.17. The normalized spacial score (nSPS) is 26.7. The first-order valence-electron chi connectivity index (χ1n) is 7.16. The molecule has 0 spiro atoms. The highest BCUT2D eigenvalue weighted by molar-refractivity contribution is 7.92. The molecule has 0 aliphatic carbocycles. The summed E-state index contributed by atoms with van der Waals surface area (Å²) in [6.07, 6.45) is 0. The summed E-state index contributed by atoms with van der Waals surface area (Å²) in [7, 11) is -3.14. The molecule has 3 nitrogen and oxygen atoms in total. The van der Waals surface area contributed by atoms with Gasteiger partial charge in [-0.15, -0.1) is 11.3 Å². The van der Waals surface area contributed by atoms with Crippen LogP contribution in [-0.4, -0.2) is 31.7 Å². The Bertz CT molecular complexity index is 794. The van der Waals surface area contributed by atoms with Gasteiger partial charge in [-0.2, -0.15) is 0 Å². The van der Waals surface area contributed by atoms with Gasteiger partial charge in [0.15, 0.2) is 9.84 Å². The van der Waals surface area contributed by atoms with Crippen molar-refractivity contribution in [2.75, 3.05) is 13.1 Å². The summed E-state index contributed by atoms with van der Waals surface area (Å²) < 4.78 is 25.3. The number of hydrogen-bond donors (Lipinski definition) is 0. The topological polar surface area (TPSA) is 37.4 Å². The van der Waals surface area contributed by atoms with Crippen molar-refractivity contribution in [2.45, 2.75) is 29.5 Å². The Morgan fingerprint density at radius 3 is 2.76 bits per heavy atom.